The normalized spacial score (nSPS) is 10.7. The van der Waals surface area contributed by atoms with Crippen molar-refractivity contribution in [3.63, 3.8) is 0 Å². The first-order valence-corrected chi connectivity index (χ1v) is 9.98. The fourth-order valence-electron chi connectivity index (χ4n) is 3.27. The van der Waals surface area contributed by atoms with Gasteiger partial charge in [0.15, 0.2) is 0 Å². The van der Waals surface area contributed by atoms with E-state index >= 15 is 0 Å². The zero-order valence-corrected chi connectivity index (χ0v) is 16.9. The maximum Gasteiger partial charge on any atom is 0.255 e. The summed E-state index contributed by atoms with van der Waals surface area (Å²) in [6.45, 7) is 0.505. The number of H-pyrrole nitrogens is 1. The van der Waals surface area contributed by atoms with Crippen LogP contribution in [0.2, 0.25) is 5.02 Å². The molecule has 3 N–H and O–H groups in total. The maximum atomic E-state index is 12.4. The van der Waals surface area contributed by atoms with Gasteiger partial charge in [-0.1, -0.05) is 29.8 Å². The van der Waals surface area contributed by atoms with E-state index in [2.05, 4.69) is 15.6 Å². The summed E-state index contributed by atoms with van der Waals surface area (Å²) in [5.74, 6) is -0.347. The van der Waals surface area contributed by atoms with Crippen LogP contribution >= 0.6 is 11.6 Å². The van der Waals surface area contributed by atoms with Crippen molar-refractivity contribution >= 4 is 40.0 Å². The molecule has 4 rings (SSSR count). The minimum atomic E-state index is -0.188. The highest BCUT2D eigenvalue weighted by molar-refractivity contribution is 6.31. The molecule has 0 aliphatic heterocycles. The lowest BCUT2D eigenvalue weighted by molar-refractivity contribution is 0.0953. The summed E-state index contributed by atoms with van der Waals surface area (Å²) in [5, 5.41) is 7.50. The van der Waals surface area contributed by atoms with Gasteiger partial charge in [-0.2, -0.15) is 0 Å². The third-order valence-electron chi connectivity index (χ3n) is 4.85. The maximum absolute atomic E-state index is 12.4. The van der Waals surface area contributed by atoms with Gasteiger partial charge in [-0.15, -0.1) is 0 Å². The van der Waals surface area contributed by atoms with Gasteiger partial charge in [-0.25, -0.2) is 0 Å². The third kappa shape index (κ3) is 4.53. The second-order valence-corrected chi connectivity index (χ2v) is 7.34. The van der Waals surface area contributed by atoms with Crippen molar-refractivity contribution in [3.05, 3.63) is 101 Å². The molecule has 0 aliphatic rings. The van der Waals surface area contributed by atoms with Gasteiger partial charge >= 0.3 is 0 Å². The van der Waals surface area contributed by atoms with Crippen LogP contribution in [0.3, 0.4) is 0 Å². The van der Waals surface area contributed by atoms with Crippen LogP contribution in [0.15, 0.2) is 79.0 Å². The van der Waals surface area contributed by atoms with E-state index in [4.69, 9.17) is 11.6 Å². The molecule has 0 bridgehead atoms. The standard InChI is InChI=1S/C24H20ClN3O2/c25-19-8-11-22-21(14-19)18(15-27-22)12-13-26-23(29)17-6-9-20(10-7-17)28-24(30)16-4-2-1-3-5-16/h1-11,14-15,27H,12-13H2,(H,26,29)(H,28,30). The Morgan fingerprint density at radius 3 is 2.37 bits per heavy atom. The van der Waals surface area contributed by atoms with E-state index in [-0.39, 0.29) is 11.8 Å². The van der Waals surface area contributed by atoms with Crippen molar-refractivity contribution in [2.75, 3.05) is 11.9 Å². The number of aromatic amines is 1. The molecule has 0 unspecified atom stereocenters. The highest BCUT2D eigenvalue weighted by Gasteiger charge is 2.09. The van der Waals surface area contributed by atoms with Gasteiger partial charge in [0.2, 0.25) is 0 Å². The molecule has 0 spiro atoms. The van der Waals surface area contributed by atoms with Crippen molar-refractivity contribution in [2.45, 2.75) is 6.42 Å². The van der Waals surface area contributed by atoms with Crippen LogP contribution < -0.4 is 10.6 Å². The second-order valence-electron chi connectivity index (χ2n) is 6.91. The molecule has 0 atom stereocenters. The lowest BCUT2D eigenvalue weighted by Gasteiger charge is -2.08. The number of aromatic nitrogens is 1. The lowest BCUT2D eigenvalue weighted by Crippen LogP contribution is -2.25. The van der Waals surface area contributed by atoms with Gasteiger partial charge in [-0.05, 0) is 66.6 Å². The second kappa shape index (κ2) is 8.84. The molecule has 0 radical (unpaired) electrons. The molecule has 1 heterocycles. The van der Waals surface area contributed by atoms with Gasteiger partial charge in [0, 0.05) is 45.5 Å². The van der Waals surface area contributed by atoms with Crippen LogP contribution in [0.1, 0.15) is 26.3 Å². The molecule has 0 saturated carbocycles. The first-order valence-electron chi connectivity index (χ1n) is 9.60. The quantitative estimate of drug-likeness (QED) is 0.411. The number of carbonyl (C=O) groups is 2. The first kappa shape index (κ1) is 19.7. The number of rotatable bonds is 6. The van der Waals surface area contributed by atoms with E-state index in [0.29, 0.717) is 34.8 Å². The molecular weight excluding hydrogens is 398 g/mol. The van der Waals surface area contributed by atoms with Crippen LogP contribution in [0.5, 0.6) is 0 Å². The summed E-state index contributed by atoms with van der Waals surface area (Å²) >= 11 is 6.08. The van der Waals surface area contributed by atoms with Gasteiger partial charge < -0.3 is 15.6 Å². The molecule has 30 heavy (non-hydrogen) atoms. The lowest BCUT2D eigenvalue weighted by atomic mass is 10.1. The summed E-state index contributed by atoms with van der Waals surface area (Å²) in [6.07, 6.45) is 2.63. The summed E-state index contributed by atoms with van der Waals surface area (Å²) < 4.78 is 0. The Morgan fingerprint density at radius 1 is 0.867 bits per heavy atom. The van der Waals surface area contributed by atoms with E-state index < -0.39 is 0 Å². The number of hydrogen-bond donors (Lipinski definition) is 3. The Morgan fingerprint density at radius 2 is 1.60 bits per heavy atom. The summed E-state index contributed by atoms with van der Waals surface area (Å²) in [7, 11) is 0. The Balaban J connectivity index is 1.32. The Hall–Kier alpha value is -3.57. The van der Waals surface area contributed by atoms with E-state index in [1.54, 1.807) is 36.4 Å². The smallest absolute Gasteiger partial charge is 0.255 e. The zero-order valence-electron chi connectivity index (χ0n) is 16.1. The third-order valence-corrected chi connectivity index (χ3v) is 5.09. The van der Waals surface area contributed by atoms with Crippen molar-refractivity contribution in [1.82, 2.24) is 10.3 Å². The number of nitrogens with one attached hydrogen (secondary N) is 3. The molecule has 0 saturated heterocycles. The fraction of sp³-hybridized carbons (Fsp3) is 0.0833. The molecule has 2 amide bonds. The predicted octanol–water partition coefficient (Wildman–Crippen LogP) is 5.05. The largest absolute Gasteiger partial charge is 0.361 e. The molecule has 5 nitrogen and oxygen atoms in total. The van der Waals surface area contributed by atoms with Gasteiger partial charge in [-0.3, -0.25) is 9.59 Å². The van der Waals surface area contributed by atoms with Crippen molar-refractivity contribution in [3.8, 4) is 0 Å². The highest BCUT2D eigenvalue weighted by Crippen LogP contribution is 2.22. The molecule has 6 heteroatoms. The Bertz CT molecular complexity index is 1180. The average Bonchev–Trinajstić information content (AvgIpc) is 3.17. The van der Waals surface area contributed by atoms with Crippen LogP contribution in [0.4, 0.5) is 5.69 Å². The van der Waals surface area contributed by atoms with E-state index in [1.165, 1.54) is 0 Å². The Labute approximate surface area is 179 Å². The number of hydrogen-bond acceptors (Lipinski definition) is 2. The number of benzene rings is 3. The SMILES string of the molecule is O=C(NCCc1c[nH]c2ccc(Cl)cc12)c1ccc(NC(=O)c2ccccc2)cc1. The van der Waals surface area contributed by atoms with E-state index in [1.807, 2.05) is 42.6 Å². The van der Waals surface area contributed by atoms with Crippen LogP contribution in [0, 0.1) is 0 Å². The monoisotopic (exact) mass is 417 g/mol. The minimum Gasteiger partial charge on any atom is -0.361 e. The van der Waals surface area contributed by atoms with Crippen molar-refractivity contribution in [1.29, 1.82) is 0 Å². The molecular formula is C24H20ClN3O2. The first-order chi connectivity index (χ1) is 14.6. The molecule has 150 valence electrons. The van der Waals surface area contributed by atoms with Crippen LogP contribution in [-0.4, -0.2) is 23.3 Å². The number of fused-ring (bicyclic) bond motifs is 1. The van der Waals surface area contributed by atoms with Gasteiger partial charge in [0.1, 0.15) is 0 Å². The molecule has 1 aromatic heterocycles. The molecule has 0 fully saturated rings. The molecule has 0 aliphatic carbocycles. The van der Waals surface area contributed by atoms with E-state index in [9.17, 15) is 9.59 Å². The van der Waals surface area contributed by atoms with Gasteiger partial charge in [0.25, 0.3) is 11.8 Å². The molecule has 4 aromatic rings. The average molecular weight is 418 g/mol. The highest BCUT2D eigenvalue weighted by atomic mass is 35.5. The zero-order chi connectivity index (χ0) is 20.9. The van der Waals surface area contributed by atoms with Gasteiger partial charge in [0.05, 0.1) is 0 Å². The summed E-state index contributed by atoms with van der Waals surface area (Å²) in [4.78, 5) is 27.8. The van der Waals surface area contributed by atoms with Crippen LogP contribution in [-0.2, 0) is 6.42 Å². The minimum absolute atomic E-state index is 0.159. The number of halogens is 1. The number of amides is 2. The Kier molecular flexibility index (Phi) is 5.82. The predicted molar refractivity (Wildman–Crippen MR) is 120 cm³/mol. The van der Waals surface area contributed by atoms with E-state index in [0.717, 1.165) is 16.5 Å². The topological polar surface area (TPSA) is 74.0 Å². The number of carbonyl (C=O) groups excluding carboxylic acids is 2. The van der Waals surface area contributed by atoms with Crippen molar-refractivity contribution in [2.24, 2.45) is 0 Å². The van der Waals surface area contributed by atoms with Crippen molar-refractivity contribution < 1.29 is 9.59 Å². The fourth-order valence-corrected chi connectivity index (χ4v) is 3.44. The molecule has 3 aromatic carbocycles. The number of anilines is 1. The van der Waals surface area contributed by atoms with Crippen LogP contribution in [0.25, 0.3) is 10.9 Å². The summed E-state index contributed by atoms with van der Waals surface area (Å²) in [6, 6.07) is 21.5. The summed E-state index contributed by atoms with van der Waals surface area (Å²) in [5.41, 5.74) is 3.88.